The van der Waals surface area contributed by atoms with Gasteiger partial charge in [-0.1, -0.05) is 75.4 Å². The van der Waals surface area contributed by atoms with Crippen molar-refractivity contribution in [2.24, 2.45) is 5.41 Å². The first-order chi connectivity index (χ1) is 13.7. The van der Waals surface area contributed by atoms with E-state index in [-0.39, 0.29) is 17.9 Å². The molecule has 0 N–H and O–H groups in total. The first-order valence-electron chi connectivity index (χ1n) is 10.1. The van der Waals surface area contributed by atoms with Crippen molar-refractivity contribution in [2.45, 2.75) is 39.7 Å². The minimum absolute atomic E-state index is 0.115. The van der Waals surface area contributed by atoms with Gasteiger partial charge in [0.05, 0.1) is 0 Å². The Bertz CT molecular complexity index is 906. The molecule has 4 nitrogen and oxygen atoms in total. The topological polar surface area (TPSA) is 40.6 Å². The van der Waals surface area contributed by atoms with Crippen LogP contribution < -0.4 is 0 Å². The number of benzene rings is 2. The minimum atomic E-state index is -0.599. The highest BCUT2D eigenvalue weighted by atomic mass is 16.2. The van der Waals surface area contributed by atoms with Crippen molar-refractivity contribution in [3.05, 3.63) is 71.9 Å². The van der Waals surface area contributed by atoms with Crippen LogP contribution in [0.25, 0.3) is 11.1 Å². The highest BCUT2D eigenvalue weighted by Gasteiger charge is 2.43. The smallest absolute Gasteiger partial charge is 0.258 e. The second-order valence-electron chi connectivity index (χ2n) is 8.97. The molecule has 4 heteroatoms. The van der Waals surface area contributed by atoms with E-state index in [1.54, 1.807) is 0 Å². The summed E-state index contributed by atoms with van der Waals surface area (Å²) < 4.78 is 0. The van der Waals surface area contributed by atoms with E-state index in [1.807, 2.05) is 64.2 Å². The number of carbonyl (C=O) groups excluding carboxylic acids is 2. The summed E-state index contributed by atoms with van der Waals surface area (Å²) in [6.07, 6.45) is 3.08. The number of hydrogen-bond donors (Lipinski definition) is 0. The first kappa shape index (κ1) is 20.8. The number of imide groups is 1. The van der Waals surface area contributed by atoms with E-state index in [9.17, 15) is 9.59 Å². The van der Waals surface area contributed by atoms with Gasteiger partial charge >= 0.3 is 0 Å². The number of nitrogens with zero attached hydrogens (tertiary/aromatic N) is 2. The van der Waals surface area contributed by atoms with Gasteiger partial charge in [0.15, 0.2) is 0 Å². The molecule has 1 fully saturated rings. The van der Waals surface area contributed by atoms with E-state index in [1.165, 1.54) is 10.5 Å². The largest absolute Gasteiger partial charge is 0.383 e. The van der Waals surface area contributed by atoms with Gasteiger partial charge in [-0.2, -0.15) is 0 Å². The fourth-order valence-corrected chi connectivity index (χ4v) is 3.69. The van der Waals surface area contributed by atoms with Crippen molar-refractivity contribution < 1.29 is 9.59 Å². The summed E-state index contributed by atoms with van der Waals surface area (Å²) in [6.45, 7) is 5.59. The van der Waals surface area contributed by atoms with E-state index in [4.69, 9.17) is 0 Å². The fraction of sp³-hybridized carbons (Fsp3) is 0.360. The fourth-order valence-electron chi connectivity index (χ4n) is 3.69. The van der Waals surface area contributed by atoms with Gasteiger partial charge in [-0.25, -0.2) is 0 Å². The zero-order valence-corrected chi connectivity index (χ0v) is 18.0. The summed E-state index contributed by atoms with van der Waals surface area (Å²) in [6, 6.07) is 18.5. The Morgan fingerprint density at radius 1 is 1.03 bits per heavy atom. The van der Waals surface area contributed by atoms with Gasteiger partial charge in [-0.3, -0.25) is 14.5 Å². The van der Waals surface area contributed by atoms with Crippen molar-refractivity contribution in [1.82, 2.24) is 9.80 Å². The number of carbonyl (C=O) groups is 2. The van der Waals surface area contributed by atoms with Crippen molar-refractivity contribution in [1.29, 1.82) is 0 Å². The summed E-state index contributed by atoms with van der Waals surface area (Å²) >= 11 is 0. The molecule has 2 amide bonds. The Morgan fingerprint density at radius 3 is 2.17 bits per heavy atom. The van der Waals surface area contributed by atoms with E-state index in [0.717, 1.165) is 11.1 Å². The Morgan fingerprint density at radius 2 is 1.62 bits per heavy atom. The summed E-state index contributed by atoms with van der Waals surface area (Å²) in [5.41, 5.74) is 3.56. The molecule has 0 bridgehead atoms. The lowest BCUT2D eigenvalue weighted by atomic mass is 9.93. The van der Waals surface area contributed by atoms with Gasteiger partial charge < -0.3 is 4.90 Å². The van der Waals surface area contributed by atoms with Gasteiger partial charge in [0.1, 0.15) is 0 Å². The monoisotopic (exact) mass is 390 g/mol. The highest BCUT2D eigenvalue weighted by molar-refractivity contribution is 6.08. The maximum atomic E-state index is 13.0. The maximum Gasteiger partial charge on any atom is 0.258 e. The zero-order valence-electron chi connectivity index (χ0n) is 18.0. The average Bonchev–Trinajstić information content (AvgIpc) is 2.96. The number of amides is 2. The molecule has 2 aromatic rings. The predicted octanol–water partition coefficient (Wildman–Crippen LogP) is 4.52. The van der Waals surface area contributed by atoms with Crippen molar-refractivity contribution in [3.8, 4) is 11.1 Å². The molecule has 29 heavy (non-hydrogen) atoms. The molecular weight excluding hydrogens is 360 g/mol. The normalized spacial score (nSPS) is 18.4. The van der Waals surface area contributed by atoms with Crippen molar-refractivity contribution in [2.75, 3.05) is 14.1 Å². The molecule has 152 valence electrons. The number of rotatable bonds is 4. The van der Waals surface area contributed by atoms with E-state index >= 15 is 0 Å². The second-order valence-corrected chi connectivity index (χ2v) is 8.97. The van der Waals surface area contributed by atoms with Crippen LogP contribution in [0.2, 0.25) is 0 Å². The Labute approximate surface area is 173 Å². The third-order valence-electron chi connectivity index (χ3n) is 5.12. The van der Waals surface area contributed by atoms with Crippen molar-refractivity contribution >= 4 is 11.8 Å². The van der Waals surface area contributed by atoms with Crippen LogP contribution in [0.1, 0.15) is 32.8 Å². The molecule has 1 aliphatic heterocycles. The van der Waals surface area contributed by atoms with Crippen LogP contribution in [-0.4, -0.2) is 41.8 Å². The molecule has 1 atom stereocenters. The molecule has 2 aromatic carbocycles. The highest BCUT2D eigenvalue weighted by Crippen LogP contribution is 2.32. The van der Waals surface area contributed by atoms with Crippen LogP contribution >= 0.6 is 0 Å². The molecule has 1 heterocycles. The number of hydrogen-bond acceptors (Lipinski definition) is 3. The Balaban J connectivity index is 1.85. The van der Waals surface area contributed by atoms with Crippen LogP contribution in [0.5, 0.6) is 0 Å². The zero-order chi connectivity index (χ0) is 21.2. The second kappa shape index (κ2) is 8.24. The van der Waals surface area contributed by atoms with Crippen LogP contribution in [-0.2, 0) is 16.0 Å². The molecule has 3 rings (SSSR count). The van der Waals surface area contributed by atoms with Gasteiger partial charge in [0.2, 0.25) is 5.91 Å². The van der Waals surface area contributed by atoms with E-state index in [2.05, 4.69) is 36.4 Å². The molecule has 0 aromatic heterocycles. The van der Waals surface area contributed by atoms with Gasteiger partial charge in [-0.15, -0.1) is 0 Å². The van der Waals surface area contributed by atoms with E-state index in [0.29, 0.717) is 18.4 Å². The minimum Gasteiger partial charge on any atom is -0.383 e. The Hall–Kier alpha value is -2.88. The van der Waals surface area contributed by atoms with Crippen LogP contribution in [0.15, 0.2) is 66.4 Å². The SMILES string of the molecule is CN(C)/C=C1/C[C@@H](Cc2ccc(-c3ccccc3)cc2)N(C(=O)C(C)(C)C)C1=O. The maximum absolute atomic E-state index is 13.0. The summed E-state index contributed by atoms with van der Waals surface area (Å²) in [4.78, 5) is 29.3. The molecule has 0 unspecified atom stereocenters. The molecule has 0 radical (unpaired) electrons. The quantitative estimate of drug-likeness (QED) is 0.721. The third-order valence-corrected chi connectivity index (χ3v) is 5.12. The first-order valence-corrected chi connectivity index (χ1v) is 10.1. The molecule has 1 aliphatic rings. The third kappa shape index (κ3) is 4.76. The van der Waals surface area contributed by atoms with Crippen molar-refractivity contribution in [3.63, 3.8) is 0 Å². The molecule has 0 aliphatic carbocycles. The predicted molar refractivity (Wildman–Crippen MR) is 117 cm³/mol. The van der Waals surface area contributed by atoms with Gasteiger partial charge in [0, 0.05) is 43.7 Å². The Kier molecular flexibility index (Phi) is 5.92. The van der Waals surface area contributed by atoms with Crippen LogP contribution in [0.4, 0.5) is 0 Å². The molecule has 0 saturated carbocycles. The lowest BCUT2D eigenvalue weighted by Crippen LogP contribution is -2.45. The molecule has 0 spiro atoms. The lowest BCUT2D eigenvalue weighted by Gasteiger charge is -2.29. The summed E-state index contributed by atoms with van der Waals surface area (Å²) in [5, 5.41) is 0. The van der Waals surface area contributed by atoms with E-state index < -0.39 is 5.41 Å². The number of likely N-dealkylation sites (tertiary alicyclic amines) is 1. The standard InChI is InChI=1S/C25H30N2O2/c1-25(2,3)24(29)27-22(16-21(23(27)28)17-26(4)5)15-18-11-13-20(14-12-18)19-9-7-6-8-10-19/h6-14,17,22H,15-16H2,1-5H3/b21-17-/t22-/m1/s1. The molecular formula is C25H30N2O2. The van der Waals surface area contributed by atoms with Gasteiger partial charge in [-0.05, 0) is 23.1 Å². The van der Waals surface area contributed by atoms with Crippen LogP contribution in [0.3, 0.4) is 0 Å². The summed E-state index contributed by atoms with van der Waals surface area (Å²) in [5.74, 6) is -0.278. The van der Waals surface area contributed by atoms with Gasteiger partial charge in [0.25, 0.3) is 5.91 Å². The molecule has 1 saturated heterocycles. The average molecular weight is 391 g/mol. The van der Waals surface area contributed by atoms with Crippen LogP contribution in [0, 0.1) is 5.41 Å². The summed E-state index contributed by atoms with van der Waals surface area (Å²) in [7, 11) is 3.79. The lowest BCUT2D eigenvalue weighted by molar-refractivity contribution is -0.148.